The molecule has 3 aliphatic heterocycles. The normalized spacial score (nSPS) is 38.3. The highest BCUT2D eigenvalue weighted by atomic mass is 16.7. The number of aliphatic hydroxyl groups excluding tert-OH is 1. The van der Waals surface area contributed by atoms with Gasteiger partial charge in [-0.05, 0) is 111 Å². The van der Waals surface area contributed by atoms with Crippen molar-refractivity contribution in [3.63, 3.8) is 0 Å². The molecule has 2 N–H and O–H groups in total. The Bertz CT molecular complexity index is 2040. The first-order valence-corrected chi connectivity index (χ1v) is 25.2. The third-order valence-electron chi connectivity index (χ3n) is 15.1. The van der Waals surface area contributed by atoms with Crippen molar-refractivity contribution >= 4 is 29.2 Å². The number of fused-ring (bicyclic) bond motifs is 3. The average molecular weight is 982 g/mol. The molecule has 2 unspecified atom stereocenters. The molecule has 1 aromatic heterocycles. The van der Waals surface area contributed by atoms with Crippen LogP contribution in [0.5, 0.6) is 0 Å². The molecule has 0 spiro atoms. The topological polar surface area (TPSA) is 228 Å². The molecule has 4 heterocycles. The molecule has 5 rings (SSSR count). The molecule has 3 fully saturated rings. The maximum atomic E-state index is 14.6. The minimum atomic E-state index is -2.45. The van der Waals surface area contributed by atoms with E-state index < -0.39 is 83.7 Å². The number of piperidine rings is 1. The molecular weight excluding hydrogens is 903 g/mol. The highest BCUT2D eigenvalue weighted by Gasteiger charge is 2.53. The van der Waals surface area contributed by atoms with Crippen LogP contribution in [0.3, 0.4) is 0 Å². The van der Waals surface area contributed by atoms with Crippen molar-refractivity contribution in [3.05, 3.63) is 53.9 Å². The summed E-state index contributed by atoms with van der Waals surface area (Å²) < 4.78 is 29.7. The van der Waals surface area contributed by atoms with Crippen molar-refractivity contribution in [1.29, 1.82) is 0 Å². The van der Waals surface area contributed by atoms with E-state index in [0.717, 1.165) is 12.0 Å². The zero-order valence-corrected chi connectivity index (χ0v) is 42.9. The van der Waals surface area contributed by atoms with Crippen LogP contribution < -0.4 is 4.84 Å². The van der Waals surface area contributed by atoms with Gasteiger partial charge in [0.1, 0.15) is 36.2 Å². The number of hydrogen-bond donors (Lipinski definition) is 2. The van der Waals surface area contributed by atoms with Gasteiger partial charge in [-0.3, -0.25) is 19.2 Å². The van der Waals surface area contributed by atoms with E-state index in [4.69, 9.17) is 28.5 Å². The second kappa shape index (κ2) is 26.3. The molecule has 15 atom stereocenters. The summed E-state index contributed by atoms with van der Waals surface area (Å²) in [5, 5.41) is 34.8. The molecule has 18 heteroatoms. The van der Waals surface area contributed by atoms with E-state index in [2.05, 4.69) is 15.5 Å². The van der Waals surface area contributed by atoms with E-state index >= 15 is 0 Å². The monoisotopic (exact) mass is 982 g/mol. The Hall–Kier alpha value is -4.46. The summed E-state index contributed by atoms with van der Waals surface area (Å²) in [5.74, 6) is -8.50. The number of Topliss-reactive ketones (excluding diaryl/α,β-unsaturated/α-hetero) is 3. The molecule has 1 saturated carbocycles. The smallest absolute Gasteiger partial charge is 0.329 e. The van der Waals surface area contributed by atoms with Crippen LogP contribution in [0.15, 0.2) is 53.9 Å². The van der Waals surface area contributed by atoms with E-state index in [1.54, 1.807) is 41.1 Å². The number of carbonyl (C=O) groups is 5. The van der Waals surface area contributed by atoms with Crippen molar-refractivity contribution in [2.75, 3.05) is 27.9 Å². The van der Waals surface area contributed by atoms with Crippen LogP contribution in [0, 0.1) is 35.5 Å². The van der Waals surface area contributed by atoms with Crippen LogP contribution in [-0.4, -0.2) is 147 Å². The van der Waals surface area contributed by atoms with Crippen LogP contribution in [0.4, 0.5) is 0 Å². The third kappa shape index (κ3) is 14.6. The minimum Gasteiger partial charge on any atom is -0.460 e. The van der Waals surface area contributed by atoms with E-state index in [0.29, 0.717) is 63.4 Å². The van der Waals surface area contributed by atoms with Crippen molar-refractivity contribution in [3.8, 4) is 0 Å². The van der Waals surface area contributed by atoms with Crippen molar-refractivity contribution in [1.82, 2.24) is 25.3 Å². The largest absolute Gasteiger partial charge is 0.460 e. The maximum absolute atomic E-state index is 14.6. The van der Waals surface area contributed by atoms with Gasteiger partial charge in [0, 0.05) is 64.4 Å². The Morgan fingerprint density at radius 1 is 0.886 bits per heavy atom. The number of allylic oxidation sites excluding steroid dienone is 6. The summed E-state index contributed by atoms with van der Waals surface area (Å²) in [7, 11) is 4.61. The van der Waals surface area contributed by atoms with Crippen molar-refractivity contribution < 1.29 is 62.7 Å². The number of rotatable bonds is 8. The Labute approximate surface area is 413 Å². The first-order chi connectivity index (χ1) is 33.3. The summed E-state index contributed by atoms with van der Waals surface area (Å²) in [6, 6.07) is -1.18. The number of hydrogen-bond acceptors (Lipinski definition) is 16. The van der Waals surface area contributed by atoms with Crippen molar-refractivity contribution in [2.24, 2.45) is 35.5 Å². The van der Waals surface area contributed by atoms with E-state index in [1.165, 1.54) is 23.2 Å². The Kier molecular flexibility index (Phi) is 21.2. The van der Waals surface area contributed by atoms with Crippen LogP contribution in [-0.2, 0) is 47.7 Å². The van der Waals surface area contributed by atoms with Gasteiger partial charge in [-0.15, -0.1) is 5.10 Å². The van der Waals surface area contributed by atoms with E-state index in [9.17, 15) is 34.2 Å². The number of amides is 1. The predicted octanol–water partition coefficient (Wildman–Crippen LogP) is 5.30. The summed E-state index contributed by atoms with van der Waals surface area (Å²) in [6.07, 6.45) is 12.8. The second-order valence-corrected chi connectivity index (χ2v) is 20.4. The molecular formula is C52H79N5O13. The number of tetrazole rings is 1. The maximum Gasteiger partial charge on any atom is 0.329 e. The number of ketones is 3. The number of ether oxygens (including phenoxy) is 5. The number of esters is 1. The van der Waals surface area contributed by atoms with E-state index in [-0.39, 0.29) is 55.0 Å². The zero-order chi connectivity index (χ0) is 51.3. The van der Waals surface area contributed by atoms with Crippen molar-refractivity contribution in [2.45, 2.75) is 180 Å². The number of nitrogens with zero attached hydrogens (tertiary/aromatic N) is 5. The van der Waals surface area contributed by atoms with E-state index in [1.807, 2.05) is 58.1 Å². The second-order valence-electron chi connectivity index (χ2n) is 20.4. The highest BCUT2D eigenvalue weighted by Crippen LogP contribution is 2.38. The Morgan fingerprint density at radius 2 is 1.64 bits per heavy atom. The number of methoxy groups -OCH3 is 3. The number of aromatic nitrogens is 4. The molecule has 18 nitrogen and oxygen atoms in total. The first kappa shape index (κ1) is 56.5. The molecule has 0 radical (unpaired) electrons. The molecule has 1 aromatic rings. The standard InChI is InChI=1S/C52H79N5O13/c1-31-16-12-11-13-17-32(2)44(66-9)28-40-20-19-37(7)52(64,69-40)49(61)50(62)56-23-15-14-18-41(56)51(63)68-45(29-42(58)33(3)25-36(6)47(60)48(67-10)46(59)35(5)24-31)34(4)26-38-27-39(65-8)21-22-43(38)70-57-30-53-54-55-57/h11-13,16-17,25,30-31,33-35,37-41,43-45,47-48,60,64H,14-15,18-24,26-29H2,1-10H3/b13-11+,16-12-,32-17+,36-25+/t31-,33-,34-,35+,37-,38+,39+,40+,41?,43?,44+,45+,47-,48+,52-/m1/s1. The van der Waals surface area contributed by atoms with Gasteiger partial charge in [0.05, 0.1) is 18.3 Å². The molecule has 0 aromatic carbocycles. The third-order valence-corrected chi connectivity index (χ3v) is 15.1. The van der Waals surface area contributed by atoms with Gasteiger partial charge in [0.2, 0.25) is 5.79 Å². The highest BCUT2D eigenvalue weighted by molar-refractivity contribution is 6.39. The molecule has 70 heavy (non-hydrogen) atoms. The Balaban J connectivity index is 1.49. The SMILES string of the molecule is CO[C@H]1CCC(On2cnnn2)[C@@H](C[C@@H](C)[C@@H]2CC(=O)[C@H](C)/C=C(\C)[C@@H](O)[C@@H](OC)C(=O)[C@@H](C)C[C@H](C)\C=C/C=C/C=C(\C)[C@@H](OC)C[C@@H]3CC[C@@H](C)[C@@](O)(O3)C(=O)C(=O)N3CCCCC3C(=O)O2)C1. The number of aliphatic hydroxyl groups is 2. The fourth-order valence-electron chi connectivity index (χ4n) is 10.5. The summed E-state index contributed by atoms with van der Waals surface area (Å²) in [6.45, 7) is 12.7. The molecule has 2 bridgehead atoms. The van der Waals surface area contributed by atoms with Gasteiger partial charge in [-0.1, -0.05) is 75.9 Å². The fraction of sp³-hybridized carbons (Fsp3) is 0.731. The lowest BCUT2D eigenvalue weighted by Gasteiger charge is -2.42. The van der Waals surface area contributed by atoms with Gasteiger partial charge >= 0.3 is 5.97 Å². The van der Waals surface area contributed by atoms with Gasteiger partial charge in [-0.2, -0.15) is 0 Å². The average Bonchev–Trinajstić information content (AvgIpc) is 3.86. The van der Waals surface area contributed by atoms with Crippen LogP contribution in [0.2, 0.25) is 0 Å². The summed E-state index contributed by atoms with van der Waals surface area (Å²) >= 11 is 0. The predicted molar refractivity (Wildman–Crippen MR) is 257 cm³/mol. The van der Waals surface area contributed by atoms with Crippen LogP contribution in [0.25, 0.3) is 0 Å². The fourth-order valence-corrected chi connectivity index (χ4v) is 10.5. The van der Waals surface area contributed by atoms with Gasteiger partial charge in [-0.25, -0.2) is 4.79 Å². The summed E-state index contributed by atoms with van der Waals surface area (Å²) in [5.41, 5.74) is 1.25. The molecule has 1 amide bonds. The first-order valence-electron chi connectivity index (χ1n) is 25.2. The number of carbonyl (C=O) groups excluding carboxylic acids is 5. The lowest BCUT2D eigenvalue weighted by atomic mass is 9.77. The van der Waals surface area contributed by atoms with Crippen LogP contribution in [0.1, 0.15) is 126 Å². The molecule has 4 aliphatic rings. The van der Waals surface area contributed by atoms with Crippen LogP contribution >= 0.6 is 0 Å². The van der Waals surface area contributed by atoms with Gasteiger partial charge in [0.25, 0.3) is 11.7 Å². The van der Waals surface area contributed by atoms with Gasteiger partial charge < -0.3 is 43.6 Å². The molecule has 390 valence electrons. The zero-order valence-electron chi connectivity index (χ0n) is 42.9. The molecule has 2 saturated heterocycles. The minimum absolute atomic E-state index is 0.00802. The quantitative estimate of drug-likeness (QED) is 0.191. The molecule has 1 aliphatic carbocycles. The van der Waals surface area contributed by atoms with Gasteiger partial charge in [0.15, 0.2) is 12.1 Å². The summed E-state index contributed by atoms with van der Waals surface area (Å²) in [4.78, 5) is 79.9. The number of cyclic esters (lactones) is 1. The lowest BCUT2D eigenvalue weighted by Crippen LogP contribution is -2.61. The Morgan fingerprint density at radius 3 is 2.33 bits per heavy atom. The lowest BCUT2D eigenvalue weighted by molar-refractivity contribution is -0.265.